The van der Waals surface area contributed by atoms with Crippen LogP contribution in [-0.2, 0) is 4.79 Å². The molecule has 4 heteroatoms. The largest absolute Gasteiger partial charge is 0.367 e. The molecule has 0 saturated carbocycles. The van der Waals surface area contributed by atoms with E-state index in [2.05, 4.69) is 28.2 Å². The zero-order valence-electron chi connectivity index (χ0n) is 11.9. The number of carbonyl (C=O) groups is 1. The van der Waals surface area contributed by atoms with Crippen LogP contribution in [0.5, 0.6) is 0 Å². The maximum Gasteiger partial charge on any atom is 0.225 e. The molecule has 1 atom stereocenters. The number of nitrogens with zero attached hydrogens (tertiary/aromatic N) is 2. The molecule has 4 nitrogen and oxygen atoms in total. The second-order valence-corrected chi connectivity index (χ2v) is 5.05. The monoisotopic (exact) mass is 261 g/mol. The predicted molar refractivity (Wildman–Crippen MR) is 78.4 cm³/mol. The molecule has 1 amide bonds. The first kappa shape index (κ1) is 13.8. The molecule has 1 saturated heterocycles. The van der Waals surface area contributed by atoms with Crippen LogP contribution in [0.25, 0.3) is 0 Å². The lowest BCUT2D eigenvalue weighted by molar-refractivity contribution is -0.115. The highest BCUT2D eigenvalue weighted by Crippen LogP contribution is 2.26. The Morgan fingerprint density at radius 1 is 1.42 bits per heavy atom. The van der Waals surface area contributed by atoms with Crippen LogP contribution in [0.15, 0.2) is 18.3 Å². The Balaban J connectivity index is 2.06. The van der Waals surface area contributed by atoms with Gasteiger partial charge in [0.2, 0.25) is 5.91 Å². The standard InChI is InChI=1S/C15H23N3O/c1-3-12-7-5-6-10-18(12)13-8-9-14(16-11-13)17-15(19)4-2/h8-9,11-12H,3-7,10H2,1-2H3,(H,16,17,19). The first-order valence-corrected chi connectivity index (χ1v) is 7.27. The topological polar surface area (TPSA) is 45.2 Å². The number of pyridine rings is 1. The Labute approximate surface area is 115 Å². The summed E-state index contributed by atoms with van der Waals surface area (Å²) in [5.74, 6) is 0.644. The molecule has 0 aromatic carbocycles. The number of aromatic nitrogens is 1. The van der Waals surface area contributed by atoms with Crippen molar-refractivity contribution in [3.05, 3.63) is 18.3 Å². The van der Waals surface area contributed by atoms with Crippen LogP contribution in [0, 0.1) is 0 Å². The number of hydrogen-bond acceptors (Lipinski definition) is 3. The van der Waals surface area contributed by atoms with Crippen molar-refractivity contribution < 1.29 is 4.79 Å². The molecular weight excluding hydrogens is 238 g/mol. The summed E-state index contributed by atoms with van der Waals surface area (Å²) in [6.07, 6.45) is 7.38. The van der Waals surface area contributed by atoms with E-state index in [4.69, 9.17) is 0 Å². The Morgan fingerprint density at radius 2 is 2.26 bits per heavy atom. The van der Waals surface area contributed by atoms with Gasteiger partial charge in [0.05, 0.1) is 11.9 Å². The van der Waals surface area contributed by atoms with Gasteiger partial charge >= 0.3 is 0 Å². The van der Waals surface area contributed by atoms with Crippen LogP contribution in [0.2, 0.25) is 0 Å². The lowest BCUT2D eigenvalue weighted by Crippen LogP contribution is -2.39. The fourth-order valence-electron chi connectivity index (χ4n) is 2.63. The lowest BCUT2D eigenvalue weighted by atomic mass is 9.99. The lowest BCUT2D eigenvalue weighted by Gasteiger charge is -2.37. The SMILES string of the molecule is CCC(=O)Nc1ccc(N2CCCCC2CC)cn1. The number of anilines is 2. The summed E-state index contributed by atoms with van der Waals surface area (Å²) in [7, 11) is 0. The average molecular weight is 261 g/mol. The second kappa shape index (κ2) is 6.55. The summed E-state index contributed by atoms with van der Waals surface area (Å²) < 4.78 is 0. The van der Waals surface area contributed by atoms with Gasteiger partial charge in [-0.2, -0.15) is 0 Å². The highest BCUT2D eigenvalue weighted by Gasteiger charge is 2.21. The first-order valence-electron chi connectivity index (χ1n) is 7.27. The van der Waals surface area contributed by atoms with E-state index < -0.39 is 0 Å². The predicted octanol–water partition coefficient (Wildman–Crippen LogP) is 3.20. The molecule has 2 rings (SSSR count). The third-order valence-electron chi connectivity index (χ3n) is 3.77. The van der Waals surface area contributed by atoms with Crippen molar-refractivity contribution in [1.29, 1.82) is 0 Å². The summed E-state index contributed by atoms with van der Waals surface area (Å²) in [5, 5.41) is 2.78. The maximum absolute atomic E-state index is 11.3. The molecule has 0 bridgehead atoms. The van der Waals surface area contributed by atoms with Crippen molar-refractivity contribution in [2.24, 2.45) is 0 Å². The quantitative estimate of drug-likeness (QED) is 0.905. The summed E-state index contributed by atoms with van der Waals surface area (Å²) >= 11 is 0. The minimum absolute atomic E-state index is 0.00431. The van der Waals surface area contributed by atoms with Gasteiger partial charge in [0, 0.05) is 19.0 Å². The van der Waals surface area contributed by atoms with E-state index in [0.717, 1.165) is 6.54 Å². The van der Waals surface area contributed by atoms with Gasteiger partial charge in [-0.25, -0.2) is 4.98 Å². The molecule has 0 aliphatic carbocycles. The van der Waals surface area contributed by atoms with Crippen LogP contribution < -0.4 is 10.2 Å². The Bertz CT molecular complexity index is 416. The molecule has 1 fully saturated rings. The normalized spacial score (nSPS) is 19.3. The fraction of sp³-hybridized carbons (Fsp3) is 0.600. The van der Waals surface area contributed by atoms with E-state index in [1.54, 1.807) is 0 Å². The molecule has 0 radical (unpaired) electrons. The second-order valence-electron chi connectivity index (χ2n) is 5.05. The summed E-state index contributed by atoms with van der Waals surface area (Å²) in [4.78, 5) is 18.1. The van der Waals surface area contributed by atoms with Gasteiger partial charge in [-0.15, -0.1) is 0 Å². The van der Waals surface area contributed by atoms with Crippen molar-refractivity contribution in [3.63, 3.8) is 0 Å². The molecule has 1 aliphatic heterocycles. The summed E-state index contributed by atoms with van der Waals surface area (Å²) in [6.45, 7) is 5.19. The Hall–Kier alpha value is -1.58. The van der Waals surface area contributed by atoms with Crippen LogP contribution >= 0.6 is 0 Å². The zero-order chi connectivity index (χ0) is 13.7. The Morgan fingerprint density at radius 3 is 2.89 bits per heavy atom. The van der Waals surface area contributed by atoms with Gasteiger partial charge in [0.1, 0.15) is 5.82 Å². The van der Waals surface area contributed by atoms with Crippen molar-refractivity contribution in [3.8, 4) is 0 Å². The van der Waals surface area contributed by atoms with E-state index in [1.165, 1.54) is 31.4 Å². The van der Waals surface area contributed by atoms with E-state index in [0.29, 0.717) is 18.3 Å². The van der Waals surface area contributed by atoms with Crippen LogP contribution in [0.3, 0.4) is 0 Å². The number of piperidine rings is 1. The zero-order valence-corrected chi connectivity index (χ0v) is 11.9. The van der Waals surface area contributed by atoms with Gasteiger partial charge in [0.25, 0.3) is 0 Å². The minimum atomic E-state index is 0.00431. The van der Waals surface area contributed by atoms with Crippen molar-refractivity contribution >= 4 is 17.4 Å². The number of rotatable bonds is 4. The fourth-order valence-corrected chi connectivity index (χ4v) is 2.63. The molecule has 1 aromatic heterocycles. The molecule has 19 heavy (non-hydrogen) atoms. The molecule has 1 unspecified atom stereocenters. The number of carbonyl (C=O) groups excluding carboxylic acids is 1. The molecule has 104 valence electrons. The van der Waals surface area contributed by atoms with Gasteiger partial charge < -0.3 is 10.2 Å². The third-order valence-corrected chi connectivity index (χ3v) is 3.77. The summed E-state index contributed by atoms with van der Waals surface area (Å²) in [6, 6.07) is 4.59. The average Bonchev–Trinajstić information content (AvgIpc) is 2.48. The van der Waals surface area contributed by atoms with Gasteiger partial charge in [-0.1, -0.05) is 13.8 Å². The van der Waals surface area contributed by atoms with E-state index >= 15 is 0 Å². The number of hydrogen-bond donors (Lipinski definition) is 1. The smallest absolute Gasteiger partial charge is 0.225 e. The highest BCUT2D eigenvalue weighted by atomic mass is 16.1. The Kier molecular flexibility index (Phi) is 4.77. The third kappa shape index (κ3) is 3.46. The molecule has 1 aliphatic rings. The number of amides is 1. The molecular formula is C15H23N3O. The first-order chi connectivity index (χ1) is 9.24. The van der Waals surface area contributed by atoms with Gasteiger partial charge in [-0.05, 0) is 37.8 Å². The van der Waals surface area contributed by atoms with E-state index in [9.17, 15) is 4.79 Å². The molecule has 1 N–H and O–H groups in total. The van der Waals surface area contributed by atoms with Crippen molar-refractivity contribution in [2.75, 3.05) is 16.8 Å². The van der Waals surface area contributed by atoms with Gasteiger partial charge in [0.15, 0.2) is 0 Å². The van der Waals surface area contributed by atoms with E-state index in [-0.39, 0.29) is 5.91 Å². The molecule has 2 heterocycles. The van der Waals surface area contributed by atoms with E-state index in [1.807, 2.05) is 19.2 Å². The van der Waals surface area contributed by atoms with Crippen molar-refractivity contribution in [2.45, 2.75) is 52.0 Å². The molecule has 0 spiro atoms. The summed E-state index contributed by atoms with van der Waals surface area (Å²) in [5.41, 5.74) is 1.17. The minimum Gasteiger partial charge on any atom is -0.367 e. The van der Waals surface area contributed by atoms with Gasteiger partial charge in [-0.3, -0.25) is 4.79 Å². The highest BCUT2D eigenvalue weighted by molar-refractivity contribution is 5.89. The van der Waals surface area contributed by atoms with Crippen molar-refractivity contribution in [1.82, 2.24) is 4.98 Å². The van der Waals surface area contributed by atoms with Crippen LogP contribution in [0.1, 0.15) is 46.0 Å². The number of nitrogens with one attached hydrogen (secondary N) is 1. The maximum atomic E-state index is 11.3. The molecule has 1 aromatic rings. The van der Waals surface area contributed by atoms with Crippen LogP contribution in [0.4, 0.5) is 11.5 Å². The van der Waals surface area contributed by atoms with Crippen LogP contribution in [-0.4, -0.2) is 23.5 Å².